The largest absolute Gasteiger partial charge is 0.349 e. The Kier molecular flexibility index (Phi) is 4.14. The van der Waals surface area contributed by atoms with E-state index in [9.17, 15) is 9.59 Å². The van der Waals surface area contributed by atoms with Crippen LogP contribution in [0.15, 0.2) is 24.5 Å². The maximum absolute atomic E-state index is 12.1. The van der Waals surface area contributed by atoms with E-state index < -0.39 is 0 Å². The van der Waals surface area contributed by atoms with Crippen molar-refractivity contribution in [2.24, 2.45) is 5.92 Å². The molecule has 0 aromatic carbocycles. The zero-order valence-corrected chi connectivity index (χ0v) is 11.3. The summed E-state index contributed by atoms with van der Waals surface area (Å²) in [6.07, 6.45) is 4.48. The fourth-order valence-electron chi connectivity index (χ4n) is 2.21. The van der Waals surface area contributed by atoms with E-state index >= 15 is 0 Å². The van der Waals surface area contributed by atoms with Crippen LogP contribution in [-0.2, 0) is 9.59 Å². The van der Waals surface area contributed by atoms with Crippen LogP contribution < -0.4 is 5.32 Å². The molecule has 0 saturated carbocycles. The number of nitrogens with one attached hydrogen (secondary N) is 1. The minimum atomic E-state index is -0.206. The molecule has 19 heavy (non-hydrogen) atoms. The van der Waals surface area contributed by atoms with Gasteiger partial charge in [0.15, 0.2) is 0 Å². The first kappa shape index (κ1) is 13.5. The maximum atomic E-state index is 12.1. The van der Waals surface area contributed by atoms with Gasteiger partial charge >= 0.3 is 0 Å². The molecule has 0 radical (unpaired) electrons. The van der Waals surface area contributed by atoms with Crippen molar-refractivity contribution in [3.05, 3.63) is 30.1 Å². The summed E-state index contributed by atoms with van der Waals surface area (Å²) < 4.78 is 0. The quantitative estimate of drug-likeness (QED) is 0.887. The summed E-state index contributed by atoms with van der Waals surface area (Å²) in [6.45, 7) is 2.57. The van der Waals surface area contributed by atoms with E-state index in [1.54, 1.807) is 24.3 Å². The fraction of sp³-hybridized carbons (Fsp3) is 0.500. The van der Waals surface area contributed by atoms with Gasteiger partial charge in [0.2, 0.25) is 11.8 Å². The van der Waals surface area contributed by atoms with Crippen LogP contribution in [0.5, 0.6) is 0 Å². The lowest BCUT2D eigenvalue weighted by molar-refractivity contribution is -0.139. The van der Waals surface area contributed by atoms with Crippen LogP contribution in [0.1, 0.15) is 31.4 Å². The molecule has 1 N–H and O–H groups in total. The molecule has 0 aliphatic carbocycles. The highest BCUT2D eigenvalue weighted by molar-refractivity contribution is 5.87. The summed E-state index contributed by atoms with van der Waals surface area (Å²) in [5.74, 6) is -0.207. The Morgan fingerprint density at radius 3 is 3.00 bits per heavy atom. The SMILES string of the molecule is C[C@@H](NC(=O)[C@@H]1CCN(C)C(=O)C1)c1cccnc1. The van der Waals surface area contributed by atoms with E-state index in [4.69, 9.17) is 0 Å². The van der Waals surface area contributed by atoms with Crippen molar-refractivity contribution >= 4 is 11.8 Å². The van der Waals surface area contributed by atoms with Crippen molar-refractivity contribution in [3.8, 4) is 0 Å². The van der Waals surface area contributed by atoms with Crippen molar-refractivity contribution in [3.63, 3.8) is 0 Å². The van der Waals surface area contributed by atoms with Crippen molar-refractivity contribution < 1.29 is 9.59 Å². The molecule has 1 aromatic rings. The van der Waals surface area contributed by atoms with Crippen molar-refractivity contribution in [1.82, 2.24) is 15.2 Å². The van der Waals surface area contributed by atoms with E-state index in [1.165, 1.54) is 0 Å². The molecule has 2 atom stereocenters. The molecule has 1 aromatic heterocycles. The number of aromatic nitrogens is 1. The number of carbonyl (C=O) groups excluding carboxylic acids is 2. The van der Waals surface area contributed by atoms with Crippen LogP contribution in [0.4, 0.5) is 0 Å². The highest BCUT2D eigenvalue weighted by Crippen LogP contribution is 2.19. The van der Waals surface area contributed by atoms with E-state index in [0.29, 0.717) is 13.0 Å². The molecule has 0 bridgehead atoms. The van der Waals surface area contributed by atoms with Gasteiger partial charge in [-0.05, 0) is 25.0 Å². The van der Waals surface area contributed by atoms with Crippen LogP contribution in [0.3, 0.4) is 0 Å². The summed E-state index contributed by atoms with van der Waals surface area (Å²) in [4.78, 5) is 29.4. The van der Waals surface area contributed by atoms with Gasteiger partial charge in [0, 0.05) is 38.3 Å². The van der Waals surface area contributed by atoms with E-state index in [0.717, 1.165) is 12.0 Å². The number of hydrogen-bond acceptors (Lipinski definition) is 3. The first-order chi connectivity index (χ1) is 9.08. The Morgan fingerprint density at radius 1 is 1.58 bits per heavy atom. The molecule has 102 valence electrons. The minimum absolute atomic E-state index is 0.0421. The zero-order chi connectivity index (χ0) is 13.8. The molecular formula is C14H19N3O2. The Hall–Kier alpha value is -1.91. The lowest BCUT2D eigenvalue weighted by Gasteiger charge is -2.28. The van der Waals surface area contributed by atoms with Crippen LogP contribution in [0.2, 0.25) is 0 Å². The van der Waals surface area contributed by atoms with Gasteiger partial charge in [0.25, 0.3) is 0 Å². The molecule has 2 rings (SSSR count). The van der Waals surface area contributed by atoms with Crippen LogP contribution in [-0.4, -0.2) is 35.3 Å². The molecule has 5 heteroatoms. The average molecular weight is 261 g/mol. The summed E-state index contributed by atoms with van der Waals surface area (Å²) >= 11 is 0. The number of pyridine rings is 1. The average Bonchev–Trinajstić information content (AvgIpc) is 2.42. The molecule has 2 heterocycles. The standard InChI is InChI=1S/C14H19N3O2/c1-10(12-4-3-6-15-9-12)16-14(19)11-5-7-17(2)13(18)8-11/h3-4,6,9-11H,5,7-8H2,1-2H3,(H,16,19)/t10-,11-/m1/s1. The smallest absolute Gasteiger partial charge is 0.224 e. The topological polar surface area (TPSA) is 62.3 Å². The highest BCUT2D eigenvalue weighted by atomic mass is 16.2. The number of hydrogen-bond donors (Lipinski definition) is 1. The van der Waals surface area contributed by atoms with Crippen LogP contribution in [0.25, 0.3) is 0 Å². The Balaban J connectivity index is 1.93. The Labute approximate surface area is 113 Å². The van der Waals surface area contributed by atoms with Crippen molar-refractivity contribution in [1.29, 1.82) is 0 Å². The van der Waals surface area contributed by atoms with Gasteiger partial charge in [-0.2, -0.15) is 0 Å². The fourth-order valence-corrected chi connectivity index (χ4v) is 2.21. The second-order valence-electron chi connectivity index (χ2n) is 5.02. The van der Waals surface area contributed by atoms with Crippen molar-refractivity contribution in [2.45, 2.75) is 25.8 Å². The summed E-state index contributed by atoms with van der Waals surface area (Å²) in [5, 5.41) is 2.95. The van der Waals surface area contributed by atoms with Gasteiger partial charge < -0.3 is 10.2 Å². The third-order valence-corrected chi connectivity index (χ3v) is 3.57. The van der Waals surface area contributed by atoms with E-state index in [-0.39, 0.29) is 23.8 Å². The van der Waals surface area contributed by atoms with Crippen LogP contribution in [0, 0.1) is 5.92 Å². The second-order valence-corrected chi connectivity index (χ2v) is 5.02. The molecule has 0 unspecified atom stereocenters. The van der Waals surface area contributed by atoms with E-state index in [1.807, 2.05) is 19.1 Å². The number of amides is 2. The highest BCUT2D eigenvalue weighted by Gasteiger charge is 2.29. The third-order valence-electron chi connectivity index (χ3n) is 3.57. The Morgan fingerprint density at radius 2 is 2.37 bits per heavy atom. The number of piperidine rings is 1. The first-order valence-electron chi connectivity index (χ1n) is 6.52. The van der Waals surface area contributed by atoms with Crippen molar-refractivity contribution in [2.75, 3.05) is 13.6 Å². The Bertz CT molecular complexity index is 461. The summed E-state index contributed by atoms with van der Waals surface area (Å²) in [5.41, 5.74) is 0.968. The maximum Gasteiger partial charge on any atom is 0.224 e. The van der Waals surface area contributed by atoms with Gasteiger partial charge in [-0.25, -0.2) is 0 Å². The zero-order valence-electron chi connectivity index (χ0n) is 11.3. The van der Waals surface area contributed by atoms with Gasteiger partial charge in [-0.3, -0.25) is 14.6 Å². The first-order valence-corrected chi connectivity index (χ1v) is 6.52. The lowest BCUT2D eigenvalue weighted by atomic mass is 9.95. The molecular weight excluding hydrogens is 242 g/mol. The normalized spacial score (nSPS) is 21.1. The van der Waals surface area contributed by atoms with E-state index in [2.05, 4.69) is 10.3 Å². The monoisotopic (exact) mass is 261 g/mol. The van der Waals surface area contributed by atoms with Gasteiger partial charge in [-0.15, -0.1) is 0 Å². The predicted molar refractivity (Wildman–Crippen MR) is 71.2 cm³/mol. The van der Waals surface area contributed by atoms with Gasteiger partial charge in [0.1, 0.15) is 0 Å². The molecule has 1 aliphatic rings. The van der Waals surface area contributed by atoms with Gasteiger partial charge in [0.05, 0.1) is 6.04 Å². The third kappa shape index (κ3) is 3.30. The molecule has 1 aliphatic heterocycles. The van der Waals surface area contributed by atoms with Crippen LogP contribution >= 0.6 is 0 Å². The molecule has 1 saturated heterocycles. The predicted octanol–water partition coefficient (Wildman–Crippen LogP) is 1.13. The number of rotatable bonds is 3. The molecule has 5 nitrogen and oxygen atoms in total. The molecule has 0 spiro atoms. The number of carbonyl (C=O) groups is 2. The minimum Gasteiger partial charge on any atom is -0.349 e. The number of nitrogens with zero attached hydrogens (tertiary/aromatic N) is 2. The number of likely N-dealkylation sites (tertiary alicyclic amines) is 1. The lowest BCUT2D eigenvalue weighted by Crippen LogP contribution is -2.42. The molecule has 2 amide bonds. The second kappa shape index (κ2) is 5.82. The summed E-state index contributed by atoms with van der Waals surface area (Å²) in [6, 6.07) is 3.69. The summed E-state index contributed by atoms with van der Waals surface area (Å²) in [7, 11) is 1.77. The van der Waals surface area contributed by atoms with Gasteiger partial charge in [-0.1, -0.05) is 6.07 Å². The molecule has 1 fully saturated rings.